The maximum Gasteiger partial charge on any atom is 0.265 e. The van der Waals surface area contributed by atoms with E-state index < -0.39 is 0 Å². The molecule has 146 valence electrons. The molecule has 0 fully saturated rings. The number of nitrogens with zero attached hydrogens (tertiary/aromatic N) is 4. The summed E-state index contributed by atoms with van der Waals surface area (Å²) in [7, 11) is 0. The van der Waals surface area contributed by atoms with Gasteiger partial charge in [-0.3, -0.25) is 14.2 Å². The fraction of sp³-hybridized carbons (Fsp3) is 0.0833. The lowest BCUT2D eigenvalue weighted by atomic mass is 10.1. The zero-order chi connectivity index (χ0) is 20.5. The quantitative estimate of drug-likeness (QED) is 0.439. The molecule has 4 aromatic heterocycles. The number of hydrogen-bond donors (Lipinski definition) is 0. The molecule has 0 aliphatic carbocycles. The predicted octanol–water partition coefficient (Wildman–Crippen LogP) is 3.34. The topological polar surface area (TPSA) is 69.8 Å². The molecule has 0 atom stereocenters. The molecule has 0 aliphatic rings. The van der Waals surface area contributed by atoms with E-state index in [1.165, 1.54) is 10.1 Å². The third kappa shape index (κ3) is 3.18. The molecule has 0 spiro atoms. The molecule has 0 aliphatic heterocycles. The molecule has 6 heteroatoms. The van der Waals surface area contributed by atoms with E-state index in [4.69, 9.17) is 0 Å². The van der Waals surface area contributed by atoms with Gasteiger partial charge in [-0.25, -0.2) is 9.97 Å². The Kier molecular flexibility index (Phi) is 4.44. The average molecular weight is 394 g/mol. The first-order valence-corrected chi connectivity index (χ1v) is 9.71. The highest BCUT2D eigenvalue weighted by molar-refractivity contribution is 5.91. The lowest BCUT2D eigenvalue weighted by Gasteiger charge is -2.09. The third-order valence-electron chi connectivity index (χ3n) is 5.20. The van der Waals surface area contributed by atoms with Gasteiger partial charge < -0.3 is 4.57 Å². The van der Waals surface area contributed by atoms with Crippen LogP contribution in [0.2, 0.25) is 0 Å². The third-order valence-corrected chi connectivity index (χ3v) is 5.20. The Morgan fingerprint density at radius 2 is 1.50 bits per heavy atom. The van der Waals surface area contributed by atoms with E-state index >= 15 is 0 Å². The van der Waals surface area contributed by atoms with Gasteiger partial charge >= 0.3 is 0 Å². The van der Waals surface area contributed by atoms with Crippen LogP contribution < -0.4 is 11.1 Å². The van der Waals surface area contributed by atoms with Gasteiger partial charge in [0.25, 0.3) is 11.1 Å². The van der Waals surface area contributed by atoms with Crippen molar-refractivity contribution in [3.63, 3.8) is 0 Å². The van der Waals surface area contributed by atoms with Crippen LogP contribution >= 0.6 is 0 Å². The van der Waals surface area contributed by atoms with Gasteiger partial charge in [0.15, 0.2) is 0 Å². The smallest absolute Gasteiger partial charge is 0.265 e. The zero-order valence-electron chi connectivity index (χ0n) is 16.1. The van der Waals surface area contributed by atoms with Crippen molar-refractivity contribution < 1.29 is 0 Å². The Morgan fingerprint density at radius 1 is 0.767 bits per heavy atom. The lowest BCUT2D eigenvalue weighted by molar-refractivity contribution is 0.675. The van der Waals surface area contributed by atoms with Crippen LogP contribution in [0.1, 0.15) is 5.56 Å². The van der Waals surface area contributed by atoms with E-state index in [0.717, 1.165) is 6.42 Å². The first kappa shape index (κ1) is 18.0. The molecule has 0 saturated carbocycles. The van der Waals surface area contributed by atoms with Crippen molar-refractivity contribution in [3.8, 4) is 5.82 Å². The van der Waals surface area contributed by atoms with Crippen LogP contribution in [0.3, 0.4) is 0 Å². The Balaban J connectivity index is 1.61. The van der Waals surface area contributed by atoms with Gasteiger partial charge in [-0.2, -0.15) is 0 Å². The van der Waals surface area contributed by atoms with Crippen molar-refractivity contribution in [1.82, 2.24) is 19.1 Å². The van der Waals surface area contributed by atoms with Crippen molar-refractivity contribution in [3.05, 3.63) is 112 Å². The largest absolute Gasteiger partial charge is 0.315 e. The molecule has 5 aromatic rings. The summed E-state index contributed by atoms with van der Waals surface area (Å²) >= 11 is 0. The zero-order valence-corrected chi connectivity index (χ0v) is 16.1. The van der Waals surface area contributed by atoms with Gasteiger partial charge in [-0.05, 0) is 42.3 Å². The van der Waals surface area contributed by atoms with Gasteiger partial charge in [0.05, 0.1) is 21.8 Å². The van der Waals surface area contributed by atoms with Crippen molar-refractivity contribution in [2.45, 2.75) is 13.0 Å². The first-order valence-electron chi connectivity index (χ1n) is 9.71. The molecule has 5 rings (SSSR count). The number of aryl methyl sites for hydroxylation is 2. The average Bonchev–Trinajstić information content (AvgIpc) is 2.79. The van der Waals surface area contributed by atoms with Crippen LogP contribution in [-0.2, 0) is 13.0 Å². The van der Waals surface area contributed by atoms with E-state index in [9.17, 15) is 9.59 Å². The number of fused-ring (bicyclic) bond motifs is 2. The standard InChI is InChI=1S/C24H18N4O2/c29-23-18-16-19-21(11-15-28(24(19)30)22-8-4-5-12-25-22)26-20(18)10-14-27(23)13-9-17-6-2-1-3-7-17/h1-8,10-12,14-16H,9,13H2. The maximum absolute atomic E-state index is 13.1. The minimum absolute atomic E-state index is 0.148. The fourth-order valence-corrected chi connectivity index (χ4v) is 3.61. The van der Waals surface area contributed by atoms with E-state index in [-0.39, 0.29) is 11.1 Å². The summed E-state index contributed by atoms with van der Waals surface area (Å²) in [5.74, 6) is 0.526. The summed E-state index contributed by atoms with van der Waals surface area (Å²) in [6.07, 6.45) is 5.81. The van der Waals surface area contributed by atoms with Gasteiger partial charge in [-0.15, -0.1) is 0 Å². The van der Waals surface area contributed by atoms with Gasteiger partial charge in [0.2, 0.25) is 0 Å². The molecule has 0 saturated heterocycles. The highest BCUT2D eigenvalue weighted by Crippen LogP contribution is 2.15. The number of benzene rings is 1. The van der Waals surface area contributed by atoms with Crippen LogP contribution in [0.5, 0.6) is 0 Å². The molecular formula is C24H18N4O2. The van der Waals surface area contributed by atoms with E-state index in [1.807, 2.05) is 42.5 Å². The number of aromatic nitrogens is 4. The van der Waals surface area contributed by atoms with Crippen LogP contribution in [-0.4, -0.2) is 19.1 Å². The van der Waals surface area contributed by atoms with Gasteiger partial charge in [-0.1, -0.05) is 36.4 Å². The molecule has 4 heterocycles. The maximum atomic E-state index is 13.1. The van der Waals surface area contributed by atoms with E-state index in [1.54, 1.807) is 47.4 Å². The fourth-order valence-electron chi connectivity index (χ4n) is 3.61. The van der Waals surface area contributed by atoms with Gasteiger partial charge in [0, 0.05) is 25.1 Å². The second kappa shape index (κ2) is 7.40. The first-order chi connectivity index (χ1) is 14.7. The molecule has 0 unspecified atom stereocenters. The summed E-state index contributed by atoms with van der Waals surface area (Å²) in [6, 6.07) is 20.7. The molecule has 30 heavy (non-hydrogen) atoms. The van der Waals surface area contributed by atoms with Crippen LogP contribution in [0.15, 0.2) is 94.9 Å². The monoisotopic (exact) mass is 394 g/mol. The second-order valence-electron chi connectivity index (χ2n) is 7.08. The molecular weight excluding hydrogens is 376 g/mol. The van der Waals surface area contributed by atoms with Crippen molar-refractivity contribution in [2.75, 3.05) is 0 Å². The van der Waals surface area contributed by atoms with Crippen molar-refractivity contribution >= 4 is 21.8 Å². The number of rotatable bonds is 4. The minimum Gasteiger partial charge on any atom is -0.315 e. The Morgan fingerprint density at radius 3 is 2.27 bits per heavy atom. The normalized spacial score (nSPS) is 11.2. The Hall–Kier alpha value is -4.06. The van der Waals surface area contributed by atoms with Crippen molar-refractivity contribution in [2.24, 2.45) is 0 Å². The van der Waals surface area contributed by atoms with Gasteiger partial charge in [0.1, 0.15) is 5.82 Å². The Labute approximate surface area is 171 Å². The highest BCUT2D eigenvalue weighted by Gasteiger charge is 2.11. The number of hydrogen-bond acceptors (Lipinski definition) is 4. The van der Waals surface area contributed by atoms with E-state index in [0.29, 0.717) is 34.2 Å². The van der Waals surface area contributed by atoms with Crippen LogP contribution in [0, 0.1) is 0 Å². The molecule has 1 aromatic carbocycles. The van der Waals surface area contributed by atoms with Crippen LogP contribution in [0.4, 0.5) is 0 Å². The predicted molar refractivity (Wildman–Crippen MR) is 117 cm³/mol. The number of pyridine rings is 4. The molecule has 0 amide bonds. The summed E-state index contributed by atoms with van der Waals surface area (Å²) in [4.78, 5) is 34.9. The molecule has 0 bridgehead atoms. The SMILES string of the molecule is O=c1c2cc3c(=O)n(-c4ccccn4)ccc3nc2ccn1CCc1ccccc1. The summed E-state index contributed by atoms with van der Waals surface area (Å²) in [5.41, 5.74) is 1.91. The molecule has 0 N–H and O–H groups in total. The molecule has 0 radical (unpaired) electrons. The minimum atomic E-state index is -0.250. The Bertz CT molecular complexity index is 1470. The summed E-state index contributed by atoms with van der Waals surface area (Å²) in [6.45, 7) is 0.559. The second-order valence-corrected chi connectivity index (χ2v) is 7.08. The summed E-state index contributed by atoms with van der Waals surface area (Å²) < 4.78 is 3.13. The summed E-state index contributed by atoms with van der Waals surface area (Å²) in [5, 5.41) is 0.836. The van der Waals surface area contributed by atoms with E-state index in [2.05, 4.69) is 9.97 Å². The molecule has 6 nitrogen and oxygen atoms in total. The van der Waals surface area contributed by atoms with Crippen molar-refractivity contribution in [1.29, 1.82) is 0 Å². The highest BCUT2D eigenvalue weighted by atomic mass is 16.1. The van der Waals surface area contributed by atoms with Crippen LogP contribution in [0.25, 0.3) is 27.6 Å². The lowest BCUT2D eigenvalue weighted by Crippen LogP contribution is -2.22.